The van der Waals surface area contributed by atoms with Gasteiger partial charge in [0.25, 0.3) is 5.91 Å². The predicted octanol–water partition coefficient (Wildman–Crippen LogP) is 3.05. The summed E-state index contributed by atoms with van der Waals surface area (Å²) in [6.45, 7) is 0. The molecule has 0 aromatic heterocycles. The molecule has 116 valence electrons. The molecule has 1 aliphatic rings. The van der Waals surface area contributed by atoms with Gasteiger partial charge in [-0.05, 0) is 31.0 Å². The molecule has 7 heteroatoms. The van der Waals surface area contributed by atoms with Gasteiger partial charge in [-0.15, -0.1) is 0 Å². The summed E-state index contributed by atoms with van der Waals surface area (Å²) < 4.78 is 38.2. The Hall–Kier alpha value is -1.76. The van der Waals surface area contributed by atoms with Crippen molar-refractivity contribution in [1.29, 1.82) is 0 Å². The molecule has 1 amide bonds. The van der Waals surface area contributed by atoms with E-state index in [9.17, 15) is 18.0 Å². The first-order valence-corrected chi connectivity index (χ1v) is 6.90. The Bertz CT molecular complexity index is 511. The van der Waals surface area contributed by atoms with E-state index in [1.165, 1.54) is 6.07 Å². The van der Waals surface area contributed by atoms with Crippen LogP contribution in [-0.2, 0) is 6.18 Å². The molecule has 1 fully saturated rings. The molecule has 0 saturated heterocycles. The molecular weight excluding hydrogens is 283 g/mol. The van der Waals surface area contributed by atoms with Crippen LogP contribution in [0.2, 0.25) is 0 Å². The molecule has 1 aromatic rings. The fraction of sp³-hybridized carbons (Fsp3) is 0.500. The second-order valence-corrected chi connectivity index (χ2v) is 5.21. The summed E-state index contributed by atoms with van der Waals surface area (Å²) in [6.07, 6.45) is 0.399. The lowest BCUT2D eigenvalue weighted by Gasteiger charge is -2.23. The van der Waals surface area contributed by atoms with Gasteiger partial charge in [-0.2, -0.15) is 13.2 Å². The largest absolute Gasteiger partial charge is 0.416 e. The van der Waals surface area contributed by atoms with Gasteiger partial charge in [-0.3, -0.25) is 10.6 Å². The molecule has 1 aromatic carbocycles. The topological polar surface area (TPSA) is 67.1 Å². The van der Waals surface area contributed by atoms with Crippen LogP contribution in [0, 0.1) is 0 Å². The van der Waals surface area contributed by atoms with Gasteiger partial charge in [0.2, 0.25) is 0 Å². The number of nitrogens with two attached hydrogens (primary N) is 1. The van der Waals surface area contributed by atoms with Crippen LogP contribution >= 0.6 is 0 Å². The van der Waals surface area contributed by atoms with Gasteiger partial charge in [0, 0.05) is 6.04 Å². The monoisotopic (exact) mass is 301 g/mol. The highest BCUT2D eigenvalue weighted by Gasteiger charge is 2.32. The smallest absolute Gasteiger partial charge is 0.349 e. The van der Waals surface area contributed by atoms with E-state index >= 15 is 0 Å². The standard InChI is InChI=1S/C14H18F3N3O/c15-14(16,17)9-6-7-12(20-18)11(8-9)13(21)19-10-4-2-1-3-5-10/h6-8,10,20H,1-5,18H2,(H,19,21). The number of carbonyl (C=O) groups excluding carboxylic acids is 1. The molecule has 0 spiro atoms. The van der Waals surface area contributed by atoms with Gasteiger partial charge in [0.15, 0.2) is 0 Å². The lowest BCUT2D eigenvalue weighted by Crippen LogP contribution is -2.36. The number of amides is 1. The number of nitrogens with one attached hydrogen (secondary N) is 2. The highest BCUT2D eigenvalue weighted by Crippen LogP contribution is 2.31. The number of hydrazine groups is 1. The summed E-state index contributed by atoms with van der Waals surface area (Å²) in [5.41, 5.74) is 1.49. The van der Waals surface area contributed by atoms with Gasteiger partial charge in [0.1, 0.15) is 0 Å². The summed E-state index contributed by atoms with van der Waals surface area (Å²) in [7, 11) is 0. The van der Waals surface area contributed by atoms with Crippen molar-refractivity contribution >= 4 is 11.6 Å². The molecule has 0 unspecified atom stereocenters. The summed E-state index contributed by atoms with van der Waals surface area (Å²) >= 11 is 0. The first-order chi connectivity index (χ1) is 9.91. The van der Waals surface area contributed by atoms with Crippen molar-refractivity contribution in [3.8, 4) is 0 Å². The number of anilines is 1. The zero-order valence-corrected chi connectivity index (χ0v) is 11.5. The molecule has 0 atom stereocenters. The zero-order chi connectivity index (χ0) is 15.5. The van der Waals surface area contributed by atoms with E-state index in [2.05, 4.69) is 10.7 Å². The number of rotatable bonds is 3. The van der Waals surface area contributed by atoms with E-state index in [1.54, 1.807) is 0 Å². The molecule has 21 heavy (non-hydrogen) atoms. The lowest BCUT2D eigenvalue weighted by atomic mass is 9.95. The minimum absolute atomic E-state index is 0.0198. The molecule has 0 bridgehead atoms. The molecular formula is C14H18F3N3O. The average molecular weight is 301 g/mol. The van der Waals surface area contributed by atoms with Gasteiger partial charge in [-0.25, -0.2) is 0 Å². The van der Waals surface area contributed by atoms with E-state index in [1.807, 2.05) is 0 Å². The highest BCUT2D eigenvalue weighted by molar-refractivity contribution is 6.00. The van der Waals surface area contributed by atoms with E-state index in [4.69, 9.17) is 5.84 Å². The maximum atomic E-state index is 12.7. The molecule has 4 N–H and O–H groups in total. The average Bonchev–Trinajstić information content (AvgIpc) is 2.46. The predicted molar refractivity (Wildman–Crippen MR) is 73.6 cm³/mol. The lowest BCUT2D eigenvalue weighted by molar-refractivity contribution is -0.137. The van der Waals surface area contributed by atoms with Crippen LogP contribution in [0.25, 0.3) is 0 Å². The van der Waals surface area contributed by atoms with Crippen LogP contribution in [0.5, 0.6) is 0 Å². The summed E-state index contributed by atoms with van der Waals surface area (Å²) in [5.74, 6) is 4.74. The van der Waals surface area contributed by atoms with Crippen LogP contribution < -0.4 is 16.6 Å². The van der Waals surface area contributed by atoms with Gasteiger partial charge in [0.05, 0.1) is 16.8 Å². The third-order valence-electron chi connectivity index (χ3n) is 3.69. The summed E-state index contributed by atoms with van der Waals surface area (Å²) in [4.78, 5) is 12.2. The minimum atomic E-state index is -4.49. The SMILES string of the molecule is NNc1ccc(C(F)(F)F)cc1C(=O)NC1CCCCC1. The van der Waals surface area contributed by atoms with Crippen LogP contribution in [0.3, 0.4) is 0 Å². The van der Waals surface area contributed by atoms with Crippen molar-refractivity contribution in [3.63, 3.8) is 0 Å². The van der Waals surface area contributed by atoms with Crippen LogP contribution in [0.4, 0.5) is 18.9 Å². The minimum Gasteiger partial charge on any atom is -0.349 e. The molecule has 0 aliphatic heterocycles. The van der Waals surface area contributed by atoms with Crippen LogP contribution in [0.1, 0.15) is 48.0 Å². The van der Waals surface area contributed by atoms with Crippen molar-refractivity contribution < 1.29 is 18.0 Å². The number of halogens is 3. The molecule has 4 nitrogen and oxygen atoms in total. The van der Waals surface area contributed by atoms with E-state index in [0.717, 1.165) is 44.2 Å². The molecule has 2 rings (SSSR count). The van der Waals surface area contributed by atoms with E-state index < -0.39 is 17.6 Å². The number of hydrogen-bond acceptors (Lipinski definition) is 3. The van der Waals surface area contributed by atoms with Crippen molar-refractivity contribution in [2.45, 2.75) is 44.3 Å². The second-order valence-electron chi connectivity index (χ2n) is 5.21. The van der Waals surface area contributed by atoms with Crippen molar-refractivity contribution in [1.82, 2.24) is 5.32 Å². The first kappa shape index (κ1) is 15.6. The third-order valence-corrected chi connectivity index (χ3v) is 3.69. The fourth-order valence-corrected chi connectivity index (χ4v) is 2.54. The van der Waals surface area contributed by atoms with Crippen molar-refractivity contribution in [2.24, 2.45) is 5.84 Å². The second kappa shape index (κ2) is 6.34. The Morgan fingerprint density at radius 3 is 2.43 bits per heavy atom. The quantitative estimate of drug-likeness (QED) is 0.594. The van der Waals surface area contributed by atoms with Crippen molar-refractivity contribution in [3.05, 3.63) is 29.3 Å². The fourth-order valence-electron chi connectivity index (χ4n) is 2.54. The van der Waals surface area contributed by atoms with Gasteiger partial charge in [-0.1, -0.05) is 19.3 Å². The van der Waals surface area contributed by atoms with E-state index in [-0.39, 0.29) is 17.3 Å². The number of alkyl halides is 3. The maximum absolute atomic E-state index is 12.7. The Balaban J connectivity index is 2.21. The number of benzene rings is 1. The Morgan fingerprint density at radius 2 is 1.86 bits per heavy atom. The molecule has 0 radical (unpaired) electrons. The first-order valence-electron chi connectivity index (χ1n) is 6.90. The number of carbonyl (C=O) groups is 1. The van der Waals surface area contributed by atoms with Gasteiger partial charge < -0.3 is 10.7 Å². The Labute approximate surface area is 120 Å². The molecule has 1 aliphatic carbocycles. The molecule has 1 saturated carbocycles. The normalized spacial score (nSPS) is 16.6. The zero-order valence-electron chi connectivity index (χ0n) is 11.5. The summed E-state index contributed by atoms with van der Waals surface area (Å²) in [6, 6.07) is 2.91. The summed E-state index contributed by atoms with van der Waals surface area (Å²) in [5, 5.41) is 2.79. The maximum Gasteiger partial charge on any atom is 0.416 e. The Kier molecular flexibility index (Phi) is 4.72. The number of hydrogen-bond donors (Lipinski definition) is 3. The third kappa shape index (κ3) is 3.87. The number of nitrogen functional groups attached to an aromatic ring is 1. The van der Waals surface area contributed by atoms with Gasteiger partial charge >= 0.3 is 6.18 Å². The van der Waals surface area contributed by atoms with Crippen molar-refractivity contribution in [2.75, 3.05) is 5.43 Å². The Morgan fingerprint density at radius 1 is 1.19 bits per heavy atom. The van der Waals surface area contributed by atoms with Crippen LogP contribution in [0.15, 0.2) is 18.2 Å². The highest BCUT2D eigenvalue weighted by atomic mass is 19.4. The molecule has 0 heterocycles. The van der Waals surface area contributed by atoms with Crippen LogP contribution in [-0.4, -0.2) is 11.9 Å². The van der Waals surface area contributed by atoms with E-state index in [0.29, 0.717) is 0 Å².